The van der Waals surface area contributed by atoms with Crippen LogP contribution in [0.25, 0.3) is 0 Å². The minimum absolute atomic E-state index is 0.416. The normalized spacial score (nSPS) is 14.2. The summed E-state index contributed by atoms with van der Waals surface area (Å²) in [7, 11) is 0. The van der Waals surface area contributed by atoms with E-state index in [4.69, 9.17) is 9.84 Å². The number of esters is 1. The monoisotopic (exact) mass is 224 g/mol. The molecule has 0 aromatic heterocycles. The number of ether oxygens (including phenoxy) is 1. The molecule has 1 aromatic rings. The largest absolute Gasteiger partial charge is 0.456 e. The fraction of sp³-hybridized carbons (Fsp3) is 0.417. The highest BCUT2D eigenvalue weighted by Crippen LogP contribution is 2.09. The number of hydrogen-bond acceptors (Lipinski definition) is 4. The van der Waals surface area contributed by atoms with Crippen molar-refractivity contribution in [3.05, 3.63) is 35.9 Å². The third-order valence-electron chi connectivity index (χ3n) is 2.29. The van der Waals surface area contributed by atoms with Gasteiger partial charge in [-0.3, -0.25) is 0 Å². The van der Waals surface area contributed by atoms with Gasteiger partial charge in [-0.25, -0.2) is 4.79 Å². The van der Waals surface area contributed by atoms with Gasteiger partial charge in [0.15, 0.2) is 0 Å². The molecule has 0 aliphatic heterocycles. The summed E-state index contributed by atoms with van der Waals surface area (Å²) < 4.78 is 5.09. The summed E-state index contributed by atoms with van der Waals surface area (Å²) in [5.74, 6) is -0.486. The molecule has 0 saturated heterocycles. The molecule has 16 heavy (non-hydrogen) atoms. The molecule has 0 aliphatic rings. The second-order valence-corrected chi connectivity index (χ2v) is 3.47. The first-order chi connectivity index (χ1) is 7.69. The van der Waals surface area contributed by atoms with Gasteiger partial charge in [-0.05, 0) is 18.6 Å². The maximum atomic E-state index is 11.6. The van der Waals surface area contributed by atoms with Crippen LogP contribution in [-0.4, -0.2) is 35.0 Å². The highest BCUT2D eigenvalue weighted by molar-refractivity contribution is 5.89. The van der Waals surface area contributed by atoms with Crippen LogP contribution in [0.5, 0.6) is 0 Å². The average Bonchev–Trinajstić information content (AvgIpc) is 2.35. The standard InChI is InChI=1S/C12H16O4/c1-2-11(10(14)8-13)16-12(15)9-6-4-3-5-7-9/h3-7,10-11,13-14H,2,8H2,1H3. The van der Waals surface area contributed by atoms with E-state index in [1.165, 1.54) is 0 Å². The molecule has 4 nitrogen and oxygen atoms in total. The first kappa shape index (κ1) is 12.7. The van der Waals surface area contributed by atoms with Crippen LogP contribution in [0.4, 0.5) is 0 Å². The average molecular weight is 224 g/mol. The van der Waals surface area contributed by atoms with Crippen molar-refractivity contribution in [1.82, 2.24) is 0 Å². The lowest BCUT2D eigenvalue weighted by Crippen LogP contribution is -2.33. The number of carbonyl (C=O) groups excluding carboxylic acids is 1. The molecule has 0 bridgehead atoms. The fourth-order valence-electron chi connectivity index (χ4n) is 1.33. The summed E-state index contributed by atoms with van der Waals surface area (Å²) in [6, 6.07) is 8.55. The van der Waals surface area contributed by atoms with Gasteiger partial charge in [0.1, 0.15) is 12.2 Å². The molecule has 88 valence electrons. The Morgan fingerprint density at radius 1 is 1.38 bits per heavy atom. The smallest absolute Gasteiger partial charge is 0.338 e. The maximum absolute atomic E-state index is 11.6. The van der Waals surface area contributed by atoms with Crippen LogP contribution >= 0.6 is 0 Å². The number of hydrogen-bond donors (Lipinski definition) is 2. The second-order valence-electron chi connectivity index (χ2n) is 3.47. The highest BCUT2D eigenvalue weighted by atomic mass is 16.6. The summed E-state index contributed by atoms with van der Waals surface area (Å²) in [6.07, 6.45) is -1.24. The summed E-state index contributed by atoms with van der Waals surface area (Å²) in [5, 5.41) is 18.2. The molecule has 1 rings (SSSR count). The predicted octanol–water partition coefficient (Wildman–Crippen LogP) is 0.975. The van der Waals surface area contributed by atoms with Crippen molar-refractivity contribution in [2.45, 2.75) is 25.6 Å². The zero-order valence-corrected chi connectivity index (χ0v) is 9.17. The predicted molar refractivity (Wildman–Crippen MR) is 59.0 cm³/mol. The summed E-state index contributed by atoms with van der Waals surface area (Å²) in [4.78, 5) is 11.6. The van der Waals surface area contributed by atoms with Crippen LogP contribution in [0.2, 0.25) is 0 Å². The van der Waals surface area contributed by atoms with E-state index in [1.54, 1.807) is 37.3 Å². The Morgan fingerprint density at radius 3 is 2.50 bits per heavy atom. The minimum atomic E-state index is -1.03. The fourth-order valence-corrected chi connectivity index (χ4v) is 1.33. The molecule has 0 amide bonds. The van der Waals surface area contributed by atoms with E-state index in [1.807, 2.05) is 0 Å². The number of rotatable bonds is 5. The van der Waals surface area contributed by atoms with E-state index in [-0.39, 0.29) is 0 Å². The van der Waals surface area contributed by atoms with Crippen molar-refractivity contribution >= 4 is 5.97 Å². The first-order valence-electron chi connectivity index (χ1n) is 5.24. The molecule has 2 atom stereocenters. The van der Waals surface area contributed by atoms with Gasteiger partial charge in [-0.2, -0.15) is 0 Å². The Kier molecular flexibility index (Phi) is 4.95. The van der Waals surface area contributed by atoms with E-state index in [0.29, 0.717) is 12.0 Å². The van der Waals surface area contributed by atoms with Gasteiger partial charge in [0.25, 0.3) is 0 Å². The molecule has 0 aliphatic carbocycles. The summed E-state index contributed by atoms with van der Waals surface area (Å²) in [6.45, 7) is 1.36. The maximum Gasteiger partial charge on any atom is 0.338 e. The number of benzene rings is 1. The van der Waals surface area contributed by atoms with Gasteiger partial charge >= 0.3 is 5.97 Å². The Labute approximate surface area is 94.5 Å². The van der Waals surface area contributed by atoms with Gasteiger partial charge in [0.05, 0.1) is 12.2 Å². The molecule has 1 aromatic carbocycles. The van der Waals surface area contributed by atoms with Crippen molar-refractivity contribution in [3.8, 4) is 0 Å². The summed E-state index contributed by atoms with van der Waals surface area (Å²) >= 11 is 0. The molecular formula is C12H16O4. The minimum Gasteiger partial charge on any atom is -0.456 e. The lowest BCUT2D eigenvalue weighted by Gasteiger charge is -2.20. The third-order valence-corrected chi connectivity index (χ3v) is 2.29. The van der Waals surface area contributed by atoms with Crippen molar-refractivity contribution in [2.24, 2.45) is 0 Å². The van der Waals surface area contributed by atoms with Crippen LogP contribution in [-0.2, 0) is 4.74 Å². The van der Waals surface area contributed by atoms with E-state index >= 15 is 0 Å². The molecule has 4 heteroatoms. The van der Waals surface area contributed by atoms with Crippen molar-refractivity contribution in [2.75, 3.05) is 6.61 Å². The SMILES string of the molecule is CCC(OC(=O)c1ccccc1)C(O)CO. The van der Waals surface area contributed by atoms with Crippen molar-refractivity contribution in [3.63, 3.8) is 0 Å². The number of aliphatic hydroxyl groups is 2. The lowest BCUT2D eigenvalue weighted by atomic mass is 10.1. The van der Waals surface area contributed by atoms with Gasteiger partial charge in [0.2, 0.25) is 0 Å². The Hall–Kier alpha value is -1.39. The number of carbonyl (C=O) groups is 1. The van der Waals surface area contributed by atoms with Gasteiger partial charge < -0.3 is 14.9 Å². The van der Waals surface area contributed by atoms with E-state index in [2.05, 4.69) is 0 Å². The van der Waals surface area contributed by atoms with E-state index in [0.717, 1.165) is 0 Å². The Morgan fingerprint density at radius 2 is 2.00 bits per heavy atom. The Balaban J connectivity index is 2.63. The van der Waals surface area contributed by atoms with Gasteiger partial charge in [-0.15, -0.1) is 0 Å². The zero-order valence-electron chi connectivity index (χ0n) is 9.17. The van der Waals surface area contributed by atoms with Crippen LogP contribution in [0.3, 0.4) is 0 Å². The molecule has 2 N–H and O–H groups in total. The van der Waals surface area contributed by atoms with Crippen LogP contribution in [0, 0.1) is 0 Å². The topological polar surface area (TPSA) is 66.8 Å². The first-order valence-corrected chi connectivity index (χ1v) is 5.24. The van der Waals surface area contributed by atoms with E-state index in [9.17, 15) is 9.90 Å². The molecular weight excluding hydrogens is 208 g/mol. The summed E-state index contributed by atoms with van der Waals surface area (Å²) in [5.41, 5.74) is 0.436. The van der Waals surface area contributed by atoms with E-state index < -0.39 is 24.8 Å². The Bertz CT molecular complexity index is 323. The second kappa shape index (κ2) is 6.25. The van der Waals surface area contributed by atoms with Gasteiger partial charge in [-0.1, -0.05) is 25.1 Å². The lowest BCUT2D eigenvalue weighted by molar-refractivity contribution is -0.0381. The van der Waals surface area contributed by atoms with Crippen LogP contribution in [0.1, 0.15) is 23.7 Å². The zero-order chi connectivity index (χ0) is 12.0. The third kappa shape index (κ3) is 3.32. The van der Waals surface area contributed by atoms with Gasteiger partial charge in [0, 0.05) is 0 Å². The van der Waals surface area contributed by atoms with Crippen LogP contribution in [0.15, 0.2) is 30.3 Å². The molecule has 0 saturated carbocycles. The molecule has 0 heterocycles. The molecule has 0 fully saturated rings. The van der Waals surface area contributed by atoms with Crippen LogP contribution < -0.4 is 0 Å². The van der Waals surface area contributed by atoms with Crippen molar-refractivity contribution < 1.29 is 19.7 Å². The molecule has 0 radical (unpaired) electrons. The van der Waals surface area contributed by atoms with Crippen molar-refractivity contribution in [1.29, 1.82) is 0 Å². The quantitative estimate of drug-likeness (QED) is 0.731. The number of aliphatic hydroxyl groups excluding tert-OH is 2. The highest BCUT2D eigenvalue weighted by Gasteiger charge is 2.21. The molecule has 0 spiro atoms. The molecule has 2 unspecified atom stereocenters.